The topological polar surface area (TPSA) is 64.3 Å². The molecular weight excluding hydrogens is 184 g/mol. The van der Waals surface area contributed by atoms with Crippen LogP contribution in [0.5, 0.6) is 0 Å². The molecule has 1 N–H and O–H groups in total. The molecule has 0 bridgehead atoms. The van der Waals surface area contributed by atoms with Crippen LogP contribution in [0.25, 0.3) is 0 Å². The van der Waals surface area contributed by atoms with Gasteiger partial charge in [0.2, 0.25) is 0 Å². The molecule has 5 nitrogen and oxygen atoms in total. The lowest BCUT2D eigenvalue weighted by Gasteiger charge is -2.06. The highest BCUT2D eigenvalue weighted by Gasteiger charge is 2.17. The van der Waals surface area contributed by atoms with Crippen molar-refractivity contribution in [3.63, 3.8) is 0 Å². The Morgan fingerprint density at radius 1 is 1.79 bits per heavy atom. The Bertz CT molecular complexity index is 331. The highest BCUT2D eigenvalue weighted by molar-refractivity contribution is 5.90. The van der Waals surface area contributed by atoms with Gasteiger partial charge in [-0.1, -0.05) is 0 Å². The fraction of sp³-hybridized carbons (Fsp3) is 0.556. The predicted octanol–water partition coefficient (Wildman–Crippen LogP) is 0.130. The van der Waals surface area contributed by atoms with Gasteiger partial charge in [-0.25, -0.2) is 4.79 Å². The third kappa shape index (κ3) is 2.11. The molecule has 1 rings (SSSR count). The molecule has 0 saturated heterocycles. The van der Waals surface area contributed by atoms with E-state index in [1.807, 2.05) is 0 Å². The molecule has 0 fully saturated rings. The van der Waals surface area contributed by atoms with Crippen molar-refractivity contribution in [2.45, 2.75) is 19.4 Å². The van der Waals surface area contributed by atoms with Crippen molar-refractivity contribution in [1.82, 2.24) is 9.78 Å². The number of ether oxygens (including phenoxy) is 1. The van der Waals surface area contributed by atoms with E-state index in [2.05, 4.69) is 9.84 Å². The van der Waals surface area contributed by atoms with Crippen LogP contribution in [-0.2, 0) is 18.2 Å². The number of carbonyl (C=O) groups is 1. The van der Waals surface area contributed by atoms with Gasteiger partial charge in [0.05, 0.1) is 25.1 Å². The summed E-state index contributed by atoms with van der Waals surface area (Å²) in [7, 11) is 3.05. The number of aromatic nitrogens is 2. The Labute approximate surface area is 82.3 Å². The van der Waals surface area contributed by atoms with E-state index in [1.165, 1.54) is 13.3 Å². The number of methoxy groups -OCH3 is 1. The normalized spacial score (nSPS) is 12.6. The molecule has 0 unspecified atom stereocenters. The van der Waals surface area contributed by atoms with Crippen molar-refractivity contribution in [3.05, 3.63) is 17.5 Å². The SMILES string of the molecule is COC(=O)c1cnn(C)c1C[C@H](C)O. The first kappa shape index (κ1) is 10.7. The number of hydrogen-bond acceptors (Lipinski definition) is 4. The monoisotopic (exact) mass is 198 g/mol. The zero-order valence-electron chi connectivity index (χ0n) is 8.52. The first-order chi connectivity index (χ1) is 6.56. The van der Waals surface area contributed by atoms with E-state index < -0.39 is 12.1 Å². The maximum atomic E-state index is 11.3. The molecule has 1 aromatic rings. The fourth-order valence-corrected chi connectivity index (χ4v) is 1.27. The summed E-state index contributed by atoms with van der Waals surface area (Å²) in [6.07, 6.45) is 1.33. The molecule has 0 amide bonds. The van der Waals surface area contributed by atoms with Crippen LogP contribution in [0, 0.1) is 0 Å². The lowest BCUT2D eigenvalue weighted by Crippen LogP contribution is -2.13. The zero-order chi connectivity index (χ0) is 10.7. The molecule has 1 atom stereocenters. The van der Waals surface area contributed by atoms with Gasteiger partial charge in [0.1, 0.15) is 5.56 Å². The zero-order valence-corrected chi connectivity index (χ0v) is 8.52. The molecule has 0 aliphatic rings. The van der Waals surface area contributed by atoms with Gasteiger partial charge in [-0.05, 0) is 6.92 Å². The number of hydrogen-bond donors (Lipinski definition) is 1. The average Bonchev–Trinajstić information content (AvgIpc) is 2.46. The van der Waals surface area contributed by atoms with Crippen molar-refractivity contribution in [3.8, 4) is 0 Å². The third-order valence-corrected chi connectivity index (χ3v) is 1.96. The standard InChI is InChI=1S/C9H14N2O3/c1-6(12)4-8-7(9(13)14-3)5-10-11(8)2/h5-6,12H,4H2,1-3H3/t6-/m0/s1. The van der Waals surface area contributed by atoms with Crippen molar-refractivity contribution < 1.29 is 14.6 Å². The van der Waals surface area contributed by atoms with Crippen LogP contribution in [0.2, 0.25) is 0 Å². The van der Waals surface area contributed by atoms with Crippen LogP contribution in [-0.4, -0.2) is 34.1 Å². The maximum absolute atomic E-state index is 11.3. The second-order valence-corrected chi connectivity index (χ2v) is 3.17. The number of aryl methyl sites for hydroxylation is 1. The van der Waals surface area contributed by atoms with E-state index in [-0.39, 0.29) is 0 Å². The van der Waals surface area contributed by atoms with Crippen molar-refractivity contribution in [2.24, 2.45) is 7.05 Å². The first-order valence-electron chi connectivity index (χ1n) is 4.33. The van der Waals surface area contributed by atoms with Crippen molar-refractivity contribution in [2.75, 3.05) is 7.11 Å². The molecule has 0 spiro atoms. The summed E-state index contributed by atoms with van der Waals surface area (Å²) < 4.78 is 6.17. The Balaban J connectivity index is 2.99. The second-order valence-electron chi connectivity index (χ2n) is 3.17. The summed E-state index contributed by atoms with van der Waals surface area (Å²) in [5, 5.41) is 13.2. The third-order valence-electron chi connectivity index (χ3n) is 1.96. The van der Waals surface area contributed by atoms with Crippen molar-refractivity contribution >= 4 is 5.97 Å². The summed E-state index contributed by atoms with van der Waals surface area (Å²) in [6.45, 7) is 1.66. The second kappa shape index (κ2) is 4.23. The number of rotatable bonds is 3. The summed E-state index contributed by atoms with van der Waals surface area (Å²) >= 11 is 0. The molecule has 1 heterocycles. The van der Waals surface area contributed by atoms with Crippen LogP contribution in [0.1, 0.15) is 23.0 Å². The molecule has 0 saturated carbocycles. The van der Waals surface area contributed by atoms with E-state index in [4.69, 9.17) is 0 Å². The van der Waals surface area contributed by atoms with Gasteiger partial charge >= 0.3 is 5.97 Å². The Hall–Kier alpha value is -1.36. The number of esters is 1. The molecule has 14 heavy (non-hydrogen) atoms. The minimum atomic E-state index is -0.506. The quantitative estimate of drug-likeness (QED) is 0.701. The molecule has 1 aromatic heterocycles. The van der Waals surface area contributed by atoms with Gasteiger partial charge in [-0.15, -0.1) is 0 Å². The lowest BCUT2D eigenvalue weighted by atomic mass is 10.1. The van der Waals surface area contributed by atoms with Gasteiger partial charge < -0.3 is 9.84 Å². The number of aliphatic hydroxyl groups is 1. The highest BCUT2D eigenvalue weighted by Crippen LogP contribution is 2.11. The smallest absolute Gasteiger partial charge is 0.341 e. The van der Waals surface area contributed by atoms with Crippen LogP contribution >= 0.6 is 0 Å². The average molecular weight is 198 g/mol. The summed E-state index contributed by atoms with van der Waals surface area (Å²) in [4.78, 5) is 11.3. The number of aliphatic hydroxyl groups excluding tert-OH is 1. The fourth-order valence-electron chi connectivity index (χ4n) is 1.27. The van der Waals surface area contributed by atoms with Crippen LogP contribution < -0.4 is 0 Å². The molecule has 0 aliphatic heterocycles. The van der Waals surface area contributed by atoms with E-state index in [0.717, 1.165) is 0 Å². The van der Waals surface area contributed by atoms with Crippen LogP contribution in [0.15, 0.2) is 6.20 Å². The van der Waals surface area contributed by atoms with Gasteiger partial charge in [0, 0.05) is 13.5 Å². The largest absolute Gasteiger partial charge is 0.465 e. The predicted molar refractivity (Wildman–Crippen MR) is 49.9 cm³/mol. The van der Waals surface area contributed by atoms with Gasteiger partial charge in [0.25, 0.3) is 0 Å². The number of nitrogens with zero attached hydrogens (tertiary/aromatic N) is 2. The molecule has 0 radical (unpaired) electrons. The van der Waals surface area contributed by atoms with Crippen LogP contribution in [0.3, 0.4) is 0 Å². The summed E-state index contributed by atoms with van der Waals surface area (Å²) in [5.41, 5.74) is 1.10. The Morgan fingerprint density at radius 3 is 2.93 bits per heavy atom. The van der Waals surface area contributed by atoms with E-state index in [1.54, 1.807) is 18.7 Å². The summed E-state index contributed by atoms with van der Waals surface area (Å²) in [5.74, 6) is -0.422. The summed E-state index contributed by atoms with van der Waals surface area (Å²) in [6, 6.07) is 0. The minimum absolute atomic E-state index is 0.390. The van der Waals surface area contributed by atoms with E-state index in [9.17, 15) is 9.90 Å². The van der Waals surface area contributed by atoms with Gasteiger partial charge in [-0.3, -0.25) is 4.68 Å². The highest BCUT2D eigenvalue weighted by atomic mass is 16.5. The molecular formula is C9H14N2O3. The molecule has 78 valence electrons. The first-order valence-corrected chi connectivity index (χ1v) is 4.33. The Kier molecular flexibility index (Phi) is 3.24. The van der Waals surface area contributed by atoms with E-state index in [0.29, 0.717) is 17.7 Å². The maximum Gasteiger partial charge on any atom is 0.341 e. The van der Waals surface area contributed by atoms with E-state index >= 15 is 0 Å². The van der Waals surface area contributed by atoms with Crippen LogP contribution in [0.4, 0.5) is 0 Å². The molecule has 0 aromatic carbocycles. The Morgan fingerprint density at radius 2 is 2.43 bits per heavy atom. The minimum Gasteiger partial charge on any atom is -0.465 e. The van der Waals surface area contributed by atoms with Crippen molar-refractivity contribution in [1.29, 1.82) is 0 Å². The number of carbonyl (C=O) groups excluding carboxylic acids is 1. The van der Waals surface area contributed by atoms with Gasteiger partial charge in [-0.2, -0.15) is 5.10 Å². The lowest BCUT2D eigenvalue weighted by molar-refractivity contribution is 0.0598. The molecule has 5 heteroatoms. The van der Waals surface area contributed by atoms with Gasteiger partial charge in [0.15, 0.2) is 0 Å². The molecule has 0 aliphatic carbocycles.